The topological polar surface area (TPSA) is 64.7 Å². The van der Waals surface area contributed by atoms with Crippen LogP contribution in [0.5, 0.6) is 11.5 Å². The lowest BCUT2D eigenvalue weighted by Gasteiger charge is -2.15. The van der Waals surface area contributed by atoms with Crippen LogP contribution >= 0.6 is 0 Å². The van der Waals surface area contributed by atoms with Gasteiger partial charge in [0.05, 0.1) is 0 Å². The second-order valence-electron chi connectivity index (χ2n) is 4.81. The van der Waals surface area contributed by atoms with Gasteiger partial charge in [-0.2, -0.15) is 0 Å². The highest BCUT2D eigenvalue weighted by atomic mass is 16.5. The molecule has 2 rings (SSSR count). The van der Waals surface area contributed by atoms with Crippen molar-refractivity contribution in [3.8, 4) is 11.5 Å². The maximum atomic E-state index is 9.92. The largest absolute Gasteiger partial charge is 0.491 e. The fourth-order valence-electron chi connectivity index (χ4n) is 1.93. The Balaban J connectivity index is 1.79. The first-order chi connectivity index (χ1) is 10.2. The molecule has 3 N–H and O–H groups in total. The maximum Gasteiger partial charge on any atom is 0.122 e. The van der Waals surface area contributed by atoms with Gasteiger partial charge in [-0.15, -0.1) is 0 Å². The zero-order chi connectivity index (χ0) is 15.1. The monoisotopic (exact) mass is 287 g/mol. The fourth-order valence-corrected chi connectivity index (χ4v) is 1.93. The minimum Gasteiger partial charge on any atom is -0.491 e. The minimum atomic E-state index is -0.688. The van der Waals surface area contributed by atoms with Gasteiger partial charge in [0.15, 0.2) is 0 Å². The molecule has 21 heavy (non-hydrogen) atoms. The van der Waals surface area contributed by atoms with Crippen LogP contribution in [0.2, 0.25) is 0 Å². The Morgan fingerprint density at radius 3 is 2.38 bits per heavy atom. The Morgan fingerprint density at radius 1 is 1.00 bits per heavy atom. The number of aliphatic hydroxyl groups is 1. The number of aryl methyl sites for hydroxylation is 1. The van der Waals surface area contributed by atoms with Crippen LogP contribution in [0.4, 0.5) is 5.69 Å². The third kappa shape index (κ3) is 4.68. The second-order valence-corrected chi connectivity index (χ2v) is 4.81. The molecule has 0 heterocycles. The van der Waals surface area contributed by atoms with E-state index >= 15 is 0 Å². The van der Waals surface area contributed by atoms with E-state index in [1.165, 1.54) is 0 Å². The number of aliphatic hydroxyl groups excluding tert-OH is 1. The summed E-state index contributed by atoms with van der Waals surface area (Å²) in [7, 11) is 0. The number of anilines is 1. The van der Waals surface area contributed by atoms with Crippen molar-refractivity contribution >= 4 is 5.69 Å². The molecule has 4 nitrogen and oxygen atoms in total. The van der Waals surface area contributed by atoms with Crippen molar-refractivity contribution < 1.29 is 14.6 Å². The van der Waals surface area contributed by atoms with E-state index in [1.54, 1.807) is 24.3 Å². The minimum absolute atomic E-state index is 0.179. The third-order valence-corrected chi connectivity index (χ3v) is 3.11. The van der Waals surface area contributed by atoms with Gasteiger partial charge in [-0.3, -0.25) is 0 Å². The molecular weight excluding hydrogens is 266 g/mol. The smallest absolute Gasteiger partial charge is 0.122 e. The molecule has 0 aromatic heterocycles. The molecule has 112 valence electrons. The van der Waals surface area contributed by atoms with E-state index in [2.05, 4.69) is 6.92 Å². The predicted molar refractivity (Wildman–Crippen MR) is 83.7 cm³/mol. The first kappa shape index (κ1) is 15.2. The molecule has 0 fully saturated rings. The number of nitrogen functional groups attached to an aromatic ring is 1. The molecule has 0 radical (unpaired) electrons. The van der Waals surface area contributed by atoms with Gasteiger partial charge in [0.1, 0.15) is 30.8 Å². The lowest BCUT2D eigenvalue weighted by atomic mass is 10.1. The molecule has 0 saturated carbocycles. The standard InChI is InChI=1S/C17H21NO3/c1-2-13-5-3-4-6-17(13)21-12-15(19)11-20-16-9-7-14(18)8-10-16/h3-10,15,19H,2,11-12,18H2,1H3. The van der Waals surface area contributed by atoms with Gasteiger partial charge in [0.25, 0.3) is 0 Å². The lowest BCUT2D eigenvalue weighted by molar-refractivity contribution is 0.0623. The fraction of sp³-hybridized carbons (Fsp3) is 0.294. The summed E-state index contributed by atoms with van der Waals surface area (Å²) in [5.74, 6) is 1.49. The van der Waals surface area contributed by atoms with Crippen LogP contribution in [0.1, 0.15) is 12.5 Å². The molecule has 2 aromatic rings. The third-order valence-electron chi connectivity index (χ3n) is 3.11. The highest BCUT2D eigenvalue weighted by molar-refractivity contribution is 5.41. The number of para-hydroxylation sites is 1. The van der Waals surface area contributed by atoms with E-state index < -0.39 is 6.10 Å². The Hall–Kier alpha value is -2.20. The second kappa shape index (κ2) is 7.55. The molecule has 0 saturated heterocycles. The first-order valence-corrected chi connectivity index (χ1v) is 7.06. The molecule has 1 atom stereocenters. The quantitative estimate of drug-likeness (QED) is 0.768. The van der Waals surface area contributed by atoms with Gasteiger partial charge in [-0.25, -0.2) is 0 Å². The van der Waals surface area contributed by atoms with Crippen molar-refractivity contribution in [3.63, 3.8) is 0 Å². The molecule has 0 bridgehead atoms. The van der Waals surface area contributed by atoms with Gasteiger partial charge in [0.2, 0.25) is 0 Å². The van der Waals surface area contributed by atoms with Gasteiger partial charge < -0.3 is 20.3 Å². The predicted octanol–water partition coefficient (Wildman–Crippen LogP) is 2.65. The average molecular weight is 287 g/mol. The van der Waals surface area contributed by atoms with E-state index in [9.17, 15) is 5.11 Å². The molecule has 0 amide bonds. The molecule has 0 spiro atoms. The van der Waals surface area contributed by atoms with Crippen molar-refractivity contribution in [1.29, 1.82) is 0 Å². The number of nitrogens with two attached hydrogens (primary N) is 1. The molecule has 2 aromatic carbocycles. The van der Waals surface area contributed by atoms with E-state index in [-0.39, 0.29) is 13.2 Å². The lowest BCUT2D eigenvalue weighted by Crippen LogP contribution is -2.25. The van der Waals surface area contributed by atoms with Crippen LogP contribution in [0.15, 0.2) is 48.5 Å². The molecule has 4 heteroatoms. The van der Waals surface area contributed by atoms with Gasteiger partial charge >= 0.3 is 0 Å². The highest BCUT2D eigenvalue weighted by Crippen LogP contribution is 2.18. The van der Waals surface area contributed by atoms with Crippen molar-refractivity contribution in [2.45, 2.75) is 19.4 Å². The van der Waals surface area contributed by atoms with E-state index in [0.717, 1.165) is 17.7 Å². The first-order valence-electron chi connectivity index (χ1n) is 7.06. The summed E-state index contributed by atoms with van der Waals surface area (Å²) in [5, 5.41) is 9.92. The van der Waals surface area contributed by atoms with Crippen LogP contribution in [0, 0.1) is 0 Å². The Morgan fingerprint density at radius 2 is 1.67 bits per heavy atom. The van der Waals surface area contributed by atoms with Crippen LogP contribution in [-0.4, -0.2) is 24.4 Å². The number of hydrogen-bond donors (Lipinski definition) is 2. The summed E-state index contributed by atoms with van der Waals surface area (Å²) in [5.41, 5.74) is 7.41. The van der Waals surface area contributed by atoms with E-state index in [0.29, 0.717) is 11.4 Å². The maximum absolute atomic E-state index is 9.92. The molecule has 0 aliphatic rings. The summed E-state index contributed by atoms with van der Waals surface area (Å²) in [6.07, 6.45) is 0.209. The zero-order valence-corrected chi connectivity index (χ0v) is 12.2. The van der Waals surface area contributed by atoms with Crippen molar-refractivity contribution in [1.82, 2.24) is 0 Å². The zero-order valence-electron chi connectivity index (χ0n) is 12.2. The Kier molecular flexibility index (Phi) is 5.46. The SMILES string of the molecule is CCc1ccccc1OCC(O)COc1ccc(N)cc1. The van der Waals surface area contributed by atoms with Crippen LogP contribution in [-0.2, 0) is 6.42 Å². The van der Waals surface area contributed by atoms with Crippen molar-refractivity contribution in [3.05, 3.63) is 54.1 Å². The normalized spacial score (nSPS) is 11.9. The average Bonchev–Trinajstić information content (AvgIpc) is 2.52. The molecule has 1 unspecified atom stereocenters. The van der Waals surface area contributed by atoms with Crippen molar-refractivity contribution in [2.75, 3.05) is 18.9 Å². The van der Waals surface area contributed by atoms with E-state index in [1.807, 2.05) is 24.3 Å². The number of benzene rings is 2. The molecular formula is C17H21NO3. The van der Waals surface area contributed by atoms with Crippen LogP contribution in [0.3, 0.4) is 0 Å². The van der Waals surface area contributed by atoms with Crippen LogP contribution in [0.25, 0.3) is 0 Å². The van der Waals surface area contributed by atoms with Crippen molar-refractivity contribution in [2.24, 2.45) is 0 Å². The number of ether oxygens (including phenoxy) is 2. The Bertz CT molecular complexity index is 554. The summed E-state index contributed by atoms with van der Waals surface area (Å²) in [6.45, 7) is 2.45. The summed E-state index contributed by atoms with van der Waals surface area (Å²) in [6, 6.07) is 14.9. The Labute approximate surface area is 125 Å². The van der Waals surface area contributed by atoms with Crippen LogP contribution < -0.4 is 15.2 Å². The number of hydrogen-bond acceptors (Lipinski definition) is 4. The summed E-state index contributed by atoms with van der Waals surface area (Å²) < 4.78 is 11.1. The van der Waals surface area contributed by atoms with Gasteiger partial charge in [0, 0.05) is 5.69 Å². The highest BCUT2D eigenvalue weighted by Gasteiger charge is 2.08. The summed E-state index contributed by atoms with van der Waals surface area (Å²) >= 11 is 0. The molecule has 0 aliphatic carbocycles. The number of rotatable bonds is 7. The van der Waals surface area contributed by atoms with Gasteiger partial charge in [-0.05, 0) is 42.3 Å². The molecule has 0 aliphatic heterocycles. The van der Waals surface area contributed by atoms with Gasteiger partial charge in [-0.1, -0.05) is 25.1 Å². The van der Waals surface area contributed by atoms with E-state index in [4.69, 9.17) is 15.2 Å². The summed E-state index contributed by atoms with van der Waals surface area (Å²) in [4.78, 5) is 0.